The van der Waals surface area contributed by atoms with Crippen molar-refractivity contribution in [3.05, 3.63) is 200 Å². The summed E-state index contributed by atoms with van der Waals surface area (Å²) >= 11 is 0. The van der Waals surface area contributed by atoms with Gasteiger partial charge in [0.05, 0.1) is 36.2 Å². The summed E-state index contributed by atoms with van der Waals surface area (Å²) < 4.78 is 6.03. The highest BCUT2D eigenvalue weighted by Crippen LogP contribution is 2.48. The molecule has 0 aliphatic carbocycles. The lowest BCUT2D eigenvalue weighted by molar-refractivity contribution is 0.300. The van der Waals surface area contributed by atoms with Crippen LogP contribution in [0, 0.1) is 16.7 Å². The number of ether oxygens (including phenoxy) is 1. The highest BCUT2D eigenvalue weighted by atomic mass is 16.5. The van der Waals surface area contributed by atoms with Crippen LogP contribution in [0.15, 0.2) is 194 Å². The van der Waals surface area contributed by atoms with Crippen LogP contribution in [0.4, 0.5) is 45.5 Å². The van der Waals surface area contributed by atoms with Gasteiger partial charge in [0.1, 0.15) is 16.8 Å². The van der Waals surface area contributed by atoms with Gasteiger partial charge in [-0.05, 0) is 126 Å². The van der Waals surface area contributed by atoms with Crippen LogP contribution in [0.1, 0.15) is 39.2 Å². The first-order valence-electron chi connectivity index (χ1n) is 23.5. The monoisotopic (exact) mass is 907 g/mol. The van der Waals surface area contributed by atoms with E-state index in [1.54, 1.807) is 12.1 Å². The van der Waals surface area contributed by atoms with Gasteiger partial charge in [0, 0.05) is 58.8 Å². The topological polar surface area (TPSA) is 112 Å². The Hall–Kier alpha value is -8.39. The van der Waals surface area contributed by atoms with Crippen molar-refractivity contribution in [2.45, 2.75) is 40.2 Å². The van der Waals surface area contributed by atoms with Crippen molar-refractivity contribution in [2.24, 2.45) is 5.41 Å². The van der Waals surface area contributed by atoms with Crippen LogP contribution in [-0.2, 0) is 6.54 Å². The Balaban J connectivity index is 1.15. The number of aromatic nitrogens is 3. The third-order valence-corrected chi connectivity index (χ3v) is 12.0. The largest absolute Gasteiger partial charge is 0.494 e. The van der Waals surface area contributed by atoms with Crippen LogP contribution < -0.4 is 30.7 Å². The fraction of sp³-hybridized carbons (Fsp3) is 0.169. The first kappa shape index (κ1) is 45.8. The number of hydrogen-bond donors (Lipinski definition) is 2. The zero-order chi connectivity index (χ0) is 47.7. The Labute approximate surface area is 405 Å². The lowest BCUT2D eigenvalue weighted by Crippen LogP contribution is -2.40. The summed E-state index contributed by atoms with van der Waals surface area (Å²) in [5.41, 5.74) is 24.6. The van der Waals surface area contributed by atoms with Crippen molar-refractivity contribution in [1.29, 1.82) is 5.26 Å². The summed E-state index contributed by atoms with van der Waals surface area (Å²) in [7, 11) is 2.04. The van der Waals surface area contributed by atoms with E-state index in [4.69, 9.17) is 20.7 Å². The van der Waals surface area contributed by atoms with Gasteiger partial charge in [-0.1, -0.05) is 118 Å². The van der Waals surface area contributed by atoms with Crippen LogP contribution >= 0.6 is 0 Å². The predicted molar refractivity (Wildman–Crippen MR) is 284 cm³/mol. The second kappa shape index (κ2) is 20.6. The highest BCUT2D eigenvalue weighted by molar-refractivity contribution is 6.13. The van der Waals surface area contributed by atoms with E-state index >= 15 is 0 Å². The SMILES string of the molecule is CN(NCC(C)(C)C)c1c(N)c(-c2ccc(N(c3ccccc3)c3ccccc3)cc2)c2nn(CCCCOc3ccc(C#N)cc3)nc2c1-c1ccc(N(c2ccccc2)c2ccccc2)cc1. The minimum Gasteiger partial charge on any atom is -0.494 e. The third-order valence-electron chi connectivity index (χ3n) is 12.0. The van der Waals surface area contributed by atoms with Gasteiger partial charge >= 0.3 is 0 Å². The number of anilines is 8. The number of hydrazine groups is 1. The molecule has 0 bridgehead atoms. The van der Waals surface area contributed by atoms with Crippen molar-refractivity contribution >= 4 is 56.5 Å². The van der Waals surface area contributed by atoms with Gasteiger partial charge in [0.25, 0.3) is 0 Å². The normalized spacial score (nSPS) is 11.3. The van der Waals surface area contributed by atoms with Crippen molar-refractivity contribution < 1.29 is 4.74 Å². The number of rotatable bonds is 17. The summed E-state index contributed by atoms with van der Waals surface area (Å²) in [5, 5.41) is 21.9. The molecule has 9 aromatic rings. The van der Waals surface area contributed by atoms with E-state index in [-0.39, 0.29) is 5.41 Å². The lowest BCUT2D eigenvalue weighted by atomic mass is 9.93. The van der Waals surface area contributed by atoms with E-state index in [1.165, 1.54) is 0 Å². The Morgan fingerprint density at radius 1 is 0.565 bits per heavy atom. The van der Waals surface area contributed by atoms with Crippen molar-refractivity contribution in [2.75, 3.05) is 40.7 Å². The molecule has 1 aromatic heterocycles. The fourth-order valence-electron chi connectivity index (χ4n) is 8.55. The molecule has 10 nitrogen and oxygen atoms in total. The quantitative estimate of drug-likeness (QED) is 0.0524. The number of aryl methyl sites for hydroxylation is 1. The smallest absolute Gasteiger partial charge is 0.123 e. The first-order chi connectivity index (χ1) is 33.6. The molecule has 0 amide bonds. The van der Waals surface area contributed by atoms with E-state index in [9.17, 15) is 5.26 Å². The van der Waals surface area contributed by atoms with Gasteiger partial charge in [-0.3, -0.25) is 0 Å². The van der Waals surface area contributed by atoms with Gasteiger partial charge in [-0.25, -0.2) is 5.43 Å². The second-order valence-electron chi connectivity index (χ2n) is 18.3. The molecule has 0 saturated heterocycles. The molecule has 0 aliphatic heterocycles. The Morgan fingerprint density at radius 2 is 0.986 bits per heavy atom. The number of nitrogens with two attached hydrogens (primary N) is 1. The molecular weight excluding hydrogens is 851 g/mol. The molecule has 9 rings (SSSR count). The van der Waals surface area contributed by atoms with E-state index in [0.717, 1.165) is 91.7 Å². The van der Waals surface area contributed by atoms with Gasteiger partial charge in [0.2, 0.25) is 0 Å². The Morgan fingerprint density at radius 3 is 1.42 bits per heavy atom. The first-order valence-corrected chi connectivity index (χ1v) is 23.5. The number of fused-ring (bicyclic) bond motifs is 1. The Kier molecular flexibility index (Phi) is 13.7. The van der Waals surface area contributed by atoms with Crippen molar-refractivity contribution in [3.8, 4) is 34.1 Å². The number of para-hydroxylation sites is 4. The Bertz CT molecular complexity index is 3050. The number of nitrogen functional groups attached to an aromatic ring is 1. The molecule has 0 atom stereocenters. The minimum absolute atomic E-state index is 0.0117. The average molecular weight is 908 g/mol. The predicted octanol–water partition coefficient (Wildman–Crippen LogP) is 14.0. The number of nitrogens with zero attached hydrogens (tertiary/aromatic N) is 7. The number of unbranched alkanes of at least 4 members (excludes halogenated alkanes) is 1. The van der Waals surface area contributed by atoms with Gasteiger partial charge in [-0.15, -0.1) is 0 Å². The maximum atomic E-state index is 9.21. The number of hydrogen-bond acceptors (Lipinski definition) is 9. The average Bonchev–Trinajstić information content (AvgIpc) is 3.80. The molecule has 0 aliphatic rings. The highest BCUT2D eigenvalue weighted by Gasteiger charge is 2.28. The molecule has 0 radical (unpaired) electrons. The molecule has 3 N–H and O–H groups in total. The fourth-order valence-corrected chi connectivity index (χ4v) is 8.55. The molecule has 0 saturated carbocycles. The zero-order valence-electron chi connectivity index (χ0n) is 39.6. The molecule has 0 unspecified atom stereocenters. The van der Waals surface area contributed by atoms with E-state index in [0.29, 0.717) is 30.9 Å². The standard InChI is InChI=1S/C59H57N9O/c1-59(2,3)42-62-65(4)58-54(45-31-35-51(36-32-45)68(48-23-13-7-14-24-48)49-25-15-8-16-26-49)57-56(63-66(64-57)39-17-18-40-69-52-37-27-43(41-60)28-38-52)53(55(58)61)44-29-33-50(34-30-44)67(46-19-9-5-10-20-46)47-21-11-6-12-22-47/h5-16,19-38,62H,17-18,39-40,42,61H2,1-4H3. The van der Waals surface area contributed by atoms with Gasteiger partial charge < -0.3 is 25.3 Å². The molecule has 0 spiro atoms. The molecule has 69 heavy (non-hydrogen) atoms. The second-order valence-corrected chi connectivity index (χ2v) is 18.3. The third kappa shape index (κ3) is 10.4. The summed E-state index contributed by atoms with van der Waals surface area (Å²) in [5.74, 6) is 0.738. The van der Waals surface area contributed by atoms with Crippen molar-refractivity contribution in [1.82, 2.24) is 20.4 Å². The van der Waals surface area contributed by atoms with Crippen LogP contribution in [-0.4, -0.2) is 35.2 Å². The van der Waals surface area contributed by atoms with E-state index < -0.39 is 0 Å². The minimum atomic E-state index is -0.0117. The molecule has 0 fully saturated rings. The van der Waals surface area contributed by atoms with E-state index in [2.05, 4.69) is 193 Å². The summed E-state index contributed by atoms with van der Waals surface area (Å²) in [6.07, 6.45) is 1.57. The maximum absolute atomic E-state index is 9.21. The lowest BCUT2D eigenvalue weighted by Gasteiger charge is -2.30. The zero-order valence-corrected chi connectivity index (χ0v) is 39.6. The molecule has 8 aromatic carbocycles. The van der Waals surface area contributed by atoms with Crippen LogP contribution in [0.2, 0.25) is 0 Å². The molecule has 10 heteroatoms. The maximum Gasteiger partial charge on any atom is 0.123 e. The van der Waals surface area contributed by atoms with E-state index in [1.807, 2.05) is 48.2 Å². The number of nitrogens with one attached hydrogen (secondary N) is 1. The van der Waals surface area contributed by atoms with Crippen LogP contribution in [0.5, 0.6) is 5.75 Å². The van der Waals surface area contributed by atoms with Crippen LogP contribution in [0.3, 0.4) is 0 Å². The van der Waals surface area contributed by atoms with Crippen LogP contribution in [0.25, 0.3) is 33.3 Å². The summed E-state index contributed by atoms with van der Waals surface area (Å²) in [4.78, 5) is 6.33. The summed E-state index contributed by atoms with van der Waals surface area (Å²) in [6.45, 7) is 8.45. The van der Waals surface area contributed by atoms with Crippen molar-refractivity contribution in [3.63, 3.8) is 0 Å². The number of benzene rings is 8. The number of nitriles is 1. The molecule has 344 valence electrons. The molecular formula is C59H57N9O. The summed E-state index contributed by atoms with van der Waals surface area (Å²) in [6, 6.07) is 68.3. The van der Waals surface area contributed by atoms with Gasteiger partial charge in [0.15, 0.2) is 0 Å². The molecule has 1 heterocycles. The van der Waals surface area contributed by atoms with Gasteiger partial charge in [-0.2, -0.15) is 20.3 Å².